The molecule has 0 amide bonds. The third-order valence-corrected chi connectivity index (χ3v) is 7.03. The molecule has 3 rings (SSSR count). The van der Waals surface area contributed by atoms with Crippen molar-refractivity contribution >= 4 is 0 Å². The summed E-state index contributed by atoms with van der Waals surface area (Å²) in [6.07, 6.45) is 9.45. The molecule has 3 heteroatoms. The van der Waals surface area contributed by atoms with Crippen LogP contribution in [0.3, 0.4) is 0 Å². The zero-order valence-electron chi connectivity index (χ0n) is 18.3. The first-order chi connectivity index (χ1) is 12.4. The fourth-order valence-corrected chi connectivity index (χ4v) is 5.06. The number of ether oxygens (including phenoxy) is 2. The smallest absolute Gasteiger partial charge is 0.0593 e. The van der Waals surface area contributed by atoms with E-state index in [0.29, 0.717) is 11.3 Å². The summed E-state index contributed by atoms with van der Waals surface area (Å²) in [6.45, 7) is 15.3. The number of fused-ring (bicyclic) bond motifs is 2. The van der Waals surface area contributed by atoms with E-state index in [-0.39, 0.29) is 0 Å². The third-order valence-electron chi connectivity index (χ3n) is 7.03. The van der Waals surface area contributed by atoms with E-state index in [1.165, 1.54) is 51.5 Å². The molecule has 3 aliphatic rings. The highest BCUT2D eigenvalue weighted by Crippen LogP contribution is 2.61. The third kappa shape index (κ3) is 6.80. The molecule has 154 valence electrons. The maximum atomic E-state index is 5.95. The summed E-state index contributed by atoms with van der Waals surface area (Å²) in [5, 5.41) is 0. The normalized spacial score (nSPS) is 27.1. The lowest BCUT2D eigenvalue weighted by Gasteiger charge is -2.60. The average molecular weight is 368 g/mol. The Balaban J connectivity index is 1.37. The van der Waals surface area contributed by atoms with Gasteiger partial charge in [0.2, 0.25) is 0 Å². The molecule has 0 spiro atoms. The second-order valence-corrected chi connectivity index (χ2v) is 9.93. The summed E-state index contributed by atoms with van der Waals surface area (Å²) in [5.74, 6) is 3.56. The number of nitrogens with zero attached hydrogens (tertiary/aromatic N) is 1. The van der Waals surface area contributed by atoms with E-state index in [1.807, 2.05) is 0 Å². The van der Waals surface area contributed by atoms with Gasteiger partial charge < -0.3 is 14.4 Å². The Bertz CT molecular complexity index is 380. The Morgan fingerprint density at radius 3 is 2.46 bits per heavy atom. The maximum absolute atomic E-state index is 5.95. The molecule has 0 aliphatic heterocycles. The zero-order valence-corrected chi connectivity index (χ0v) is 18.3. The molecular formula is C23H45NO2. The fourth-order valence-electron chi connectivity index (χ4n) is 5.06. The van der Waals surface area contributed by atoms with E-state index in [9.17, 15) is 0 Å². The largest absolute Gasteiger partial charge is 0.381 e. The maximum Gasteiger partial charge on any atom is 0.0593 e. The van der Waals surface area contributed by atoms with Crippen LogP contribution in [0.4, 0.5) is 0 Å². The van der Waals surface area contributed by atoms with Gasteiger partial charge in [-0.25, -0.2) is 0 Å². The summed E-state index contributed by atoms with van der Waals surface area (Å²) in [4.78, 5) is 2.39. The molecule has 3 atom stereocenters. The van der Waals surface area contributed by atoms with Crippen molar-refractivity contribution in [2.45, 2.75) is 72.6 Å². The summed E-state index contributed by atoms with van der Waals surface area (Å²) < 4.78 is 11.6. The van der Waals surface area contributed by atoms with Crippen molar-refractivity contribution in [3.63, 3.8) is 0 Å². The second-order valence-electron chi connectivity index (χ2n) is 9.93. The molecule has 0 N–H and O–H groups in total. The monoisotopic (exact) mass is 367 g/mol. The Kier molecular flexibility index (Phi) is 9.40. The summed E-state index contributed by atoms with van der Waals surface area (Å²) in [6, 6.07) is 0. The van der Waals surface area contributed by atoms with Crippen molar-refractivity contribution in [1.82, 2.24) is 4.90 Å². The highest BCUT2D eigenvalue weighted by molar-refractivity contribution is 5.03. The predicted octanol–water partition coefficient (Wildman–Crippen LogP) is 5.24. The molecule has 3 nitrogen and oxygen atoms in total. The van der Waals surface area contributed by atoms with Crippen LogP contribution in [0.5, 0.6) is 0 Å². The van der Waals surface area contributed by atoms with Crippen LogP contribution >= 0.6 is 0 Å². The number of rotatable bonds is 14. The topological polar surface area (TPSA) is 21.7 Å². The fraction of sp³-hybridized carbons (Fsp3) is 1.00. The minimum Gasteiger partial charge on any atom is -0.381 e. The van der Waals surface area contributed by atoms with E-state index in [0.717, 1.165) is 50.7 Å². The number of hydrogen-bond donors (Lipinski definition) is 0. The van der Waals surface area contributed by atoms with E-state index in [4.69, 9.17) is 9.47 Å². The van der Waals surface area contributed by atoms with Crippen LogP contribution in [0.1, 0.15) is 72.6 Å². The number of hydrogen-bond acceptors (Lipinski definition) is 3. The number of unbranched alkanes of at least 4 members (excludes halogenated alkanes) is 2. The molecule has 0 saturated heterocycles. The van der Waals surface area contributed by atoms with E-state index in [1.54, 1.807) is 0 Å². The highest BCUT2D eigenvalue weighted by Gasteiger charge is 2.53. The van der Waals surface area contributed by atoms with Crippen molar-refractivity contribution in [3.05, 3.63) is 0 Å². The zero-order chi connectivity index (χ0) is 19.0. The molecule has 26 heavy (non-hydrogen) atoms. The average Bonchev–Trinajstić information content (AvgIpc) is 2.60. The van der Waals surface area contributed by atoms with E-state index >= 15 is 0 Å². The van der Waals surface area contributed by atoms with Gasteiger partial charge in [0.1, 0.15) is 0 Å². The quantitative estimate of drug-likeness (QED) is 0.392. The van der Waals surface area contributed by atoms with Crippen molar-refractivity contribution in [3.8, 4) is 0 Å². The molecule has 0 aromatic carbocycles. The standard InChI is InChI=1S/C23H45NO2/c1-19(2)18-26-16-13-24(5)12-7-6-8-14-25-15-11-20-9-10-21-17-22(20)23(21,3)4/h19-22H,6-18H2,1-5H3/t20-,21-,22-/m0/s1. The van der Waals surface area contributed by atoms with Gasteiger partial charge in [0, 0.05) is 26.4 Å². The Morgan fingerprint density at radius 1 is 0.962 bits per heavy atom. The first kappa shape index (κ1) is 22.2. The van der Waals surface area contributed by atoms with Crippen LogP contribution in [0.2, 0.25) is 0 Å². The van der Waals surface area contributed by atoms with Gasteiger partial charge >= 0.3 is 0 Å². The molecule has 0 aromatic heterocycles. The SMILES string of the molecule is CC(C)COCCN(C)CCCCCOCC[C@@H]1CC[C@H]2C[C@@H]1C2(C)C. The minimum absolute atomic E-state index is 0.620. The second kappa shape index (κ2) is 11.0. The summed E-state index contributed by atoms with van der Waals surface area (Å²) in [5.41, 5.74) is 0.620. The minimum atomic E-state index is 0.620. The van der Waals surface area contributed by atoms with Gasteiger partial charge in [-0.1, -0.05) is 27.7 Å². The molecule has 3 saturated carbocycles. The van der Waals surface area contributed by atoms with Crippen LogP contribution in [-0.2, 0) is 9.47 Å². The molecule has 0 heterocycles. The van der Waals surface area contributed by atoms with Crippen molar-refractivity contribution in [2.75, 3.05) is 46.6 Å². The van der Waals surface area contributed by atoms with Gasteiger partial charge in [0.05, 0.1) is 6.61 Å². The molecular weight excluding hydrogens is 322 g/mol. The predicted molar refractivity (Wildman–Crippen MR) is 111 cm³/mol. The van der Waals surface area contributed by atoms with Crippen molar-refractivity contribution < 1.29 is 9.47 Å². The highest BCUT2D eigenvalue weighted by atomic mass is 16.5. The van der Waals surface area contributed by atoms with Gasteiger partial charge in [-0.15, -0.1) is 0 Å². The Hall–Kier alpha value is -0.120. The Labute approximate surface area is 163 Å². The molecule has 0 aromatic rings. The van der Waals surface area contributed by atoms with Crippen LogP contribution in [-0.4, -0.2) is 51.5 Å². The first-order valence-electron chi connectivity index (χ1n) is 11.2. The molecule has 0 unspecified atom stereocenters. The molecule has 3 fully saturated rings. The molecule has 0 radical (unpaired) electrons. The van der Waals surface area contributed by atoms with Gasteiger partial charge in [0.25, 0.3) is 0 Å². The lowest BCUT2D eigenvalue weighted by Crippen LogP contribution is -2.52. The van der Waals surface area contributed by atoms with Gasteiger partial charge in [0.15, 0.2) is 0 Å². The lowest BCUT2D eigenvalue weighted by atomic mass is 9.45. The van der Waals surface area contributed by atoms with Crippen LogP contribution in [0.25, 0.3) is 0 Å². The van der Waals surface area contributed by atoms with E-state index < -0.39 is 0 Å². The van der Waals surface area contributed by atoms with Crippen LogP contribution in [0, 0.1) is 29.1 Å². The van der Waals surface area contributed by atoms with Gasteiger partial charge in [-0.3, -0.25) is 0 Å². The number of likely N-dealkylation sites (N-methyl/N-ethyl adjacent to an activating group) is 1. The summed E-state index contributed by atoms with van der Waals surface area (Å²) in [7, 11) is 2.20. The van der Waals surface area contributed by atoms with Gasteiger partial charge in [-0.2, -0.15) is 0 Å². The molecule has 2 bridgehead atoms. The lowest BCUT2D eigenvalue weighted by molar-refractivity contribution is -0.111. The molecule has 3 aliphatic carbocycles. The summed E-state index contributed by atoms with van der Waals surface area (Å²) >= 11 is 0. The van der Waals surface area contributed by atoms with Crippen LogP contribution in [0.15, 0.2) is 0 Å². The van der Waals surface area contributed by atoms with Crippen molar-refractivity contribution in [2.24, 2.45) is 29.1 Å². The van der Waals surface area contributed by atoms with Crippen molar-refractivity contribution in [1.29, 1.82) is 0 Å². The first-order valence-corrected chi connectivity index (χ1v) is 11.2. The van der Waals surface area contributed by atoms with Crippen LogP contribution < -0.4 is 0 Å². The van der Waals surface area contributed by atoms with Gasteiger partial charge in [-0.05, 0) is 87.6 Å². The Morgan fingerprint density at radius 2 is 1.77 bits per heavy atom. The van der Waals surface area contributed by atoms with E-state index in [2.05, 4.69) is 39.6 Å².